The van der Waals surface area contributed by atoms with E-state index >= 15 is 0 Å². The Morgan fingerprint density at radius 2 is 2.09 bits per heavy atom. The molecule has 0 aliphatic carbocycles. The second kappa shape index (κ2) is 6.03. The van der Waals surface area contributed by atoms with Gasteiger partial charge in [-0.05, 0) is 52.5 Å². The van der Waals surface area contributed by atoms with E-state index in [0.29, 0.717) is 6.42 Å². The monoisotopic (exact) mass is 307 g/mol. The Balaban J connectivity index is 2.12. The van der Waals surface area contributed by atoms with E-state index in [4.69, 9.17) is 0 Å². The lowest BCUT2D eigenvalue weighted by Crippen LogP contribution is -2.49. The van der Waals surface area contributed by atoms with E-state index in [1.807, 2.05) is 37.4 Å². The highest BCUT2D eigenvalue weighted by Crippen LogP contribution is 2.29. The van der Waals surface area contributed by atoms with Crippen molar-refractivity contribution < 1.29 is 9.90 Å². The minimum absolute atomic E-state index is 0.0708. The number of nitrogens with zero attached hydrogens (tertiary/aromatic N) is 3. The van der Waals surface area contributed by atoms with Crippen molar-refractivity contribution in [1.82, 2.24) is 14.7 Å². The van der Waals surface area contributed by atoms with Crippen LogP contribution in [-0.4, -0.2) is 43.9 Å². The molecule has 1 amide bonds. The van der Waals surface area contributed by atoms with Gasteiger partial charge in [-0.2, -0.15) is 5.10 Å². The van der Waals surface area contributed by atoms with E-state index in [1.165, 1.54) is 5.56 Å². The van der Waals surface area contributed by atoms with Gasteiger partial charge >= 0.3 is 0 Å². The van der Waals surface area contributed by atoms with Crippen molar-refractivity contribution in [2.45, 2.75) is 65.5 Å². The molecule has 1 saturated heterocycles. The van der Waals surface area contributed by atoms with Crippen LogP contribution in [0.5, 0.6) is 0 Å². The number of hydrogen-bond acceptors (Lipinski definition) is 3. The maximum absolute atomic E-state index is 12.8. The SMILES string of the molecule is Cc1nn(C)c(C)c1CC(C)C(=O)N1CCCC1C(C)(C)O. The average molecular weight is 307 g/mol. The standard InChI is InChI=1S/C17H29N3O2/c1-11(10-14-12(2)18-19(6)13(14)3)16(21)20-9-7-8-15(20)17(4,5)22/h11,15,22H,7-10H2,1-6H3. The predicted octanol–water partition coefficient (Wildman–Crippen LogP) is 1.98. The maximum atomic E-state index is 12.8. The summed E-state index contributed by atoms with van der Waals surface area (Å²) in [4.78, 5) is 14.7. The Bertz CT molecular complexity index is 557. The number of carbonyl (C=O) groups is 1. The van der Waals surface area contributed by atoms with Gasteiger partial charge in [0.05, 0.1) is 17.3 Å². The van der Waals surface area contributed by atoms with Crippen LogP contribution < -0.4 is 0 Å². The fourth-order valence-corrected chi connectivity index (χ4v) is 3.55. The zero-order valence-electron chi connectivity index (χ0n) is 14.7. The molecule has 0 saturated carbocycles. The first kappa shape index (κ1) is 17.0. The van der Waals surface area contributed by atoms with E-state index in [9.17, 15) is 9.90 Å². The predicted molar refractivity (Wildman–Crippen MR) is 86.6 cm³/mol. The molecule has 124 valence electrons. The van der Waals surface area contributed by atoms with Crippen LogP contribution in [0.2, 0.25) is 0 Å². The fourth-order valence-electron chi connectivity index (χ4n) is 3.55. The summed E-state index contributed by atoms with van der Waals surface area (Å²) in [7, 11) is 1.93. The molecule has 2 heterocycles. The van der Waals surface area contributed by atoms with Crippen molar-refractivity contribution in [3.05, 3.63) is 17.0 Å². The number of amides is 1. The zero-order valence-corrected chi connectivity index (χ0v) is 14.7. The molecule has 0 radical (unpaired) electrons. The minimum atomic E-state index is -0.841. The van der Waals surface area contributed by atoms with Crippen molar-refractivity contribution in [3.8, 4) is 0 Å². The summed E-state index contributed by atoms with van der Waals surface area (Å²) in [5.41, 5.74) is 2.45. The summed E-state index contributed by atoms with van der Waals surface area (Å²) < 4.78 is 1.87. The van der Waals surface area contributed by atoms with Gasteiger partial charge in [0.1, 0.15) is 0 Å². The Morgan fingerprint density at radius 1 is 1.45 bits per heavy atom. The van der Waals surface area contributed by atoms with E-state index in [2.05, 4.69) is 5.10 Å². The van der Waals surface area contributed by atoms with Gasteiger partial charge in [-0.25, -0.2) is 0 Å². The summed E-state index contributed by atoms with van der Waals surface area (Å²) in [6.45, 7) is 10.4. The molecule has 0 spiro atoms. The molecule has 0 aromatic carbocycles. The number of aliphatic hydroxyl groups is 1. The first-order chi connectivity index (χ1) is 10.1. The second-order valence-electron chi connectivity index (χ2n) is 7.22. The Hall–Kier alpha value is -1.36. The van der Waals surface area contributed by atoms with Crippen LogP contribution in [0.3, 0.4) is 0 Å². The molecule has 1 N–H and O–H groups in total. The molecule has 1 aromatic rings. The van der Waals surface area contributed by atoms with E-state index in [0.717, 1.165) is 30.8 Å². The number of aromatic nitrogens is 2. The fraction of sp³-hybridized carbons (Fsp3) is 0.765. The maximum Gasteiger partial charge on any atom is 0.226 e. The molecular formula is C17H29N3O2. The molecule has 1 fully saturated rings. The zero-order chi connectivity index (χ0) is 16.7. The van der Waals surface area contributed by atoms with Crippen molar-refractivity contribution >= 4 is 5.91 Å². The molecule has 2 atom stereocenters. The minimum Gasteiger partial charge on any atom is -0.388 e. The van der Waals surface area contributed by atoms with Gasteiger partial charge in [0, 0.05) is 25.2 Å². The quantitative estimate of drug-likeness (QED) is 0.925. The van der Waals surface area contributed by atoms with Crippen LogP contribution in [0.1, 0.15) is 50.6 Å². The molecule has 1 aromatic heterocycles. The van der Waals surface area contributed by atoms with E-state index < -0.39 is 5.60 Å². The molecule has 1 aliphatic heterocycles. The molecule has 0 bridgehead atoms. The lowest BCUT2D eigenvalue weighted by molar-refractivity contribution is -0.140. The third-order valence-electron chi connectivity index (χ3n) is 4.94. The summed E-state index contributed by atoms with van der Waals surface area (Å²) >= 11 is 0. The van der Waals surface area contributed by atoms with Gasteiger partial charge in [-0.15, -0.1) is 0 Å². The lowest BCUT2D eigenvalue weighted by Gasteiger charge is -2.35. The van der Waals surface area contributed by atoms with E-state index in [1.54, 1.807) is 13.8 Å². The Kier molecular flexibility index (Phi) is 4.66. The Morgan fingerprint density at radius 3 is 2.59 bits per heavy atom. The molecule has 5 heteroatoms. The van der Waals surface area contributed by atoms with Crippen molar-refractivity contribution in [2.75, 3.05) is 6.54 Å². The van der Waals surface area contributed by atoms with Gasteiger partial charge in [-0.3, -0.25) is 9.48 Å². The summed E-state index contributed by atoms with van der Waals surface area (Å²) in [6.07, 6.45) is 2.56. The summed E-state index contributed by atoms with van der Waals surface area (Å²) in [6, 6.07) is -0.0708. The number of likely N-dealkylation sites (tertiary alicyclic amines) is 1. The molecule has 2 unspecified atom stereocenters. The van der Waals surface area contributed by atoms with Crippen LogP contribution in [0, 0.1) is 19.8 Å². The van der Waals surface area contributed by atoms with Crippen molar-refractivity contribution in [2.24, 2.45) is 13.0 Å². The molecule has 2 rings (SSSR count). The van der Waals surface area contributed by atoms with Gasteiger partial charge in [0.15, 0.2) is 0 Å². The van der Waals surface area contributed by atoms with Gasteiger partial charge in [0.25, 0.3) is 0 Å². The second-order valence-corrected chi connectivity index (χ2v) is 7.22. The van der Waals surface area contributed by atoms with Crippen LogP contribution in [-0.2, 0) is 18.3 Å². The highest BCUT2D eigenvalue weighted by Gasteiger charge is 2.39. The Labute approximate surface area is 133 Å². The van der Waals surface area contributed by atoms with Crippen LogP contribution in [0.15, 0.2) is 0 Å². The third-order valence-corrected chi connectivity index (χ3v) is 4.94. The number of aryl methyl sites for hydroxylation is 2. The topological polar surface area (TPSA) is 58.4 Å². The van der Waals surface area contributed by atoms with Crippen LogP contribution in [0.4, 0.5) is 0 Å². The number of rotatable bonds is 4. The number of hydrogen-bond donors (Lipinski definition) is 1. The normalized spacial score (nSPS) is 20.5. The third kappa shape index (κ3) is 3.19. The van der Waals surface area contributed by atoms with Gasteiger partial charge < -0.3 is 10.0 Å². The highest BCUT2D eigenvalue weighted by molar-refractivity contribution is 5.79. The summed E-state index contributed by atoms with van der Waals surface area (Å²) in [5, 5.41) is 14.7. The van der Waals surface area contributed by atoms with Crippen LogP contribution in [0.25, 0.3) is 0 Å². The van der Waals surface area contributed by atoms with Crippen molar-refractivity contribution in [1.29, 1.82) is 0 Å². The van der Waals surface area contributed by atoms with Crippen LogP contribution >= 0.6 is 0 Å². The summed E-state index contributed by atoms with van der Waals surface area (Å²) in [5.74, 6) is 0.0526. The molecule has 1 aliphatic rings. The smallest absolute Gasteiger partial charge is 0.226 e. The van der Waals surface area contributed by atoms with E-state index in [-0.39, 0.29) is 17.9 Å². The van der Waals surface area contributed by atoms with Crippen molar-refractivity contribution in [3.63, 3.8) is 0 Å². The van der Waals surface area contributed by atoms with Gasteiger partial charge in [0.2, 0.25) is 5.91 Å². The molecule has 22 heavy (non-hydrogen) atoms. The first-order valence-corrected chi connectivity index (χ1v) is 8.14. The largest absolute Gasteiger partial charge is 0.388 e. The number of carbonyl (C=O) groups excluding carboxylic acids is 1. The average Bonchev–Trinajstić information content (AvgIpc) is 2.99. The first-order valence-electron chi connectivity index (χ1n) is 8.14. The lowest BCUT2D eigenvalue weighted by atomic mass is 9.94. The molecule has 5 nitrogen and oxygen atoms in total. The van der Waals surface area contributed by atoms with Gasteiger partial charge in [-0.1, -0.05) is 6.92 Å². The molecular weight excluding hydrogens is 278 g/mol. The highest BCUT2D eigenvalue weighted by atomic mass is 16.3.